The summed E-state index contributed by atoms with van der Waals surface area (Å²) in [5, 5.41) is 13.0. The molecule has 0 heterocycles. The molecule has 156 valence electrons. The van der Waals surface area contributed by atoms with Crippen molar-refractivity contribution in [2.24, 2.45) is 0 Å². The molecule has 0 amide bonds. The normalized spacial score (nSPS) is 11.2. The highest BCUT2D eigenvalue weighted by molar-refractivity contribution is 6.39. The maximum Gasteiger partial charge on any atom is 0.416 e. The standard InChI is InChI=1S/C21H14Cl2F3NO3/c22-16-2-1-3-17(23)20(16)27-18-9-8-15(10-12(18)11-19(28)29)30-14-6-4-13(5-7-14)21(24,25)26/h1-10,27H,11H2,(H,28,29). The van der Waals surface area contributed by atoms with Crippen LogP contribution >= 0.6 is 23.2 Å². The third-order valence-corrected chi connectivity index (χ3v) is 4.69. The topological polar surface area (TPSA) is 58.6 Å². The van der Waals surface area contributed by atoms with E-state index in [9.17, 15) is 23.1 Å². The highest BCUT2D eigenvalue weighted by Gasteiger charge is 2.30. The van der Waals surface area contributed by atoms with E-state index in [0.29, 0.717) is 27.0 Å². The fourth-order valence-electron chi connectivity index (χ4n) is 2.66. The van der Waals surface area contributed by atoms with Crippen molar-refractivity contribution < 1.29 is 27.8 Å². The number of carbonyl (C=O) groups is 1. The molecule has 9 heteroatoms. The zero-order valence-corrected chi connectivity index (χ0v) is 16.6. The molecule has 0 saturated carbocycles. The van der Waals surface area contributed by atoms with Crippen LogP contribution in [0.2, 0.25) is 10.0 Å². The molecule has 0 spiro atoms. The Kier molecular flexibility index (Phi) is 6.43. The second-order valence-electron chi connectivity index (χ2n) is 6.24. The molecule has 0 aliphatic carbocycles. The first-order valence-corrected chi connectivity index (χ1v) is 9.30. The summed E-state index contributed by atoms with van der Waals surface area (Å²) in [6.07, 6.45) is -4.77. The molecule has 0 saturated heterocycles. The van der Waals surface area contributed by atoms with Crippen LogP contribution in [0, 0.1) is 0 Å². The summed E-state index contributed by atoms with van der Waals surface area (Å²) in [5.74, 6) is -0.629. The summed E-state index contributed by atoms with van der Waals surface area (Å²) in [4.78, 5) is 11.3. The molecule has 4 nitrogen and oxygen atoms in total. The van der Waals surface area contributed by atoms with Crippen molar-refractivity contribution in [1.82, 2.24) is 0 Å². The highest BCUT2D eigenvalue weighted by Crippen LogP contribution is 2.36. The zero-order valence-electron chi connectivity index (χ0n) is 15.1. The Balaban J connectivity index is 1.88. The molecule has 3 rings (SSSR count). The first kappa shape index (κ1) is 21.8. The van der Waals surface area contributed by atoms with Gasteiger partial charge in [0.1, 0.15) is 11.5 Å². The number of carboxylic acid groups (broad SMARTS) is 1. The molecule has 0 radical (unpaired) electrons. The summed E-state index contributed by atoms with van der Waals surface area (Å²) in [7, 11) is 0. The van der Waals surface area contributed by atoms with Crippen molar-refractivity contribution in [3.63, 3.8) is 0 Å². The Morgan fingerprint density at radius 2 is 1.57 bits per heavy atom. The second-order valence-corrected chi connectivity index (χ2v) is 7.05. The van der Waals surface area contributed by atoms with Crippen molar-refractivity contribution in [1.29, 1.82) is 0 Å². The average molecular weight is 456 g/mol. The molecular formula is C21H14Cl2F3NO3. The van der Waals surface area contributed by atoms with E-state index in [2.05, 4.69) is 5.32 Å². The number of carboxylic acids is 1. The number of aliphatic carboxylic acids is 1. The minimum Gasteiger partial charge on any atom is -0.481 e. The molecule has 0 bridgehead atoms. The molecule has 0 aliphatic heterocycles. The number of hydrogen-bond donors (Lipinski definition) is 2. The quantitative estimate of drug-likeness (QED) is 0.413. The van der Waals surface area contributed by atoms with Gasteiger partial charge in [-0.15, -0.1) is 0 Å². The van der Waals surface area contributed by atoms with Crippen molar-refractivity contribution in [3.05, 3.63) is 81.8 Å². The van der Waals surface area contributed by atoms with Gasteiger partial charge < -0.3 is 15.2 Å². The third kappa shape index (κ3) is 5.37. The summed E-state index contributed by atoms with van der Waals surface area (Å²) in [5.41, 5.74) is 0.455. The monoisotopic (exact) mass is 455 g/mol. The van der Waals surface area contributed by atoms with Gasteiger partial charge in [-0.3, -0.25) is 4.79 Å². The van der Waals surface area contributed by atoms with E-state index in [1.54, 1.807) is 30.3 Å². The Morgan fingerprint density at radius 3 is 2.13 bits per heavy atom. The Bertz CT molecular complexity index is 1050. The molecule has 2 N–H and O–H groups in total. The number of hydrogen-bond acceptors (Lipinski definition) is 3. The molecule has 3 aromatic rings. The highest BCUT2D eigenvalue weighted by atomic mass is 35.5. The molecule has 0 unspecified atom stereocenters. The van der Waals surface area contributed by atoms with E-state index in [1.165, 1.54) is 18.2 Å². The van der Waals surface area contributed by atoms with Gasteiger partial charge in [-0.25, -0.2) is 0 Å². The molecule has 0 aliphatic rings. The lowest BCUT2D eigenvalue weighted by Crippen LogP contribution is -2.05. The van der Waals surface area contributed by atoms with E-state index in [1.807, 2.05) is 0 Å². The maximum absolute atomic E-state index is 12.7. The predicted molar refractivity (Wildman–Crippen MR) is 109 cm³/mol. The number of benzene rings is 3. The van der Waals surface area contributed by atoms with Crippen LogP contribution in [-0.2, 0) is 17.4 Å². The SMILES string of the molecule is O=C(O)Cc1cc(Oc2ccc(C(F)(F)F)cc2)ccc1Nc1c(Cl)cccc1Cl. The van der Waals surface area contributed by atoms with E-state index in [4.69, 9.17) is 27.9 Å². The summed E-state index contributed by atoms with van der Waals surface area (Å²) in [6.45, 7) is 0. The second kappa shape index (κ2) is 8.85. The molecule has 30 heavy (non-hydrogen) atoms. The number of rotatable bonds is 6. The minimum absolute atomic E-state index is 0.180. The van der Waals surface area contributed by atoms with Gasteiger partial charge in [0.05, 0.1) is 27.7 Å². The van der Waals surface area contributed by atoms with Crippen LogP contribution in [0.1, 0.15) is 11.1 Å². The van der Waals surface area contributed by atoms with Gasteiger partial charge in [-0.2, -0.15) is 13.2 Å². The van der Waals surface area contributed by atoms with Crippen LogP contribution in [-0.4, -0.2) is 11.1 Å². The van der Waals surface area contributed by atoms with Crippen molar-refractivity contribution >= 4 is 40.5 Å². The smallest absolute Gasteiger partial charge is 0.416 e. The number of anilines is 2. The molecule has 3 aromatic carbocycles. The fourth-order valence-corrected chi connectivity index (χ4v) is 3.16. The van der Waals surface area contributed by atoms with E-state index in [-0.39, 0.29) is 17.9 Å². The van der Waals surface area contributed by atoms with Gasteiger partial charge in [0.25, 0.3) is 0 Å². The predicted octanol–water partition coefficient (Wildman–Crippen LogP) is 7.18. The van der Waals surface area contributed by atoms with Crippen LogP contribution in [0.15, 0.2) is 60.7 Å². The fraction of sp³-hybridized carbons (Fsp3) is 0.0952. The van der Waals surface area contributed by atoms with Gasteiger partial charge in [0.2, 0.25) is 0 Å². The van der Waals surface area contributed by atoms with Gasteiger partial charge in [0, 0.05) is 5.69 Å². The number of halogens is 5. The number of alkyl halides is 3. The summed E-state index contributed by atoms with van der Waals surface area (Å²) >= 11 is 12.3. The number of ether oxygens (including phenoxy) is 1. The van der Waals surface area contributed by atoms with Gasteiger partial charge in [-0.05, 0) is 60.2 Å². The number of para-hydroxylation sites is 1. The van der Waals surface area contributed by atoms with Crippen LogP contribution in [0.5, 0.6) is 11.5 Å². The first-order valence-electron chi connectivity index (χ1n) is 8.54. The first-order chi connectivity index (χ1) is 14.1. The van der Waals surface area contributed by atoms with Gasteiger partial charge >= 0.3 is 12.1 Å². The van der Waals surface area contributed by atoms with Crippen molar-refractivity contribution in [2.75, 3.05) is 5.32 Å². The van der Waals surface area contributed by atoms with Crippen LogP contribution < -0.4 is 10.1 Å². The van der Waals surface area contributed by atoms with Crippen LogP contribution in [0.4, 0.5) is 24.5 Å². The Hall–Kier alpha value is -2.90. The summed E-state index contributed by atoms with van der Waals surface area (Å²) < 4.78 is 43.6. The zero-order chi connectivity index (χ0) is 21.9. The Morgan fingerprint density at radius 1 is 0.967 bits per heavy atom. The lowest BCUT2D eigenvalue weighted by Gasteiger charge is -2.15. The van der Waals surface area contributed by atoms with Crippen LogP contribution in [0.3, 0.4) is 0 Å². The van der Waals surface area contributed by atoms with E-state index in [0.717, 1.165) is 12.1 Å². The molecule has 0 aromatic heterocycles. The lowest BCUT2D eigenvalue weighted by molar-refractivity contribution is -0.138. The lowest BCUT2D eigenvalue weighted by atomic mass is 10.1. The Labute approximate surface area is 179 Å². The van der Waals surface area contributed by atoms with Crippen molar-refractivity contribution in [2.45, 2.75) is 12.6 Å². The number of nitrogens with one attached hydrogen (secondary N) is 1. The van der Waals surface area contributed by atoms with E-state index >= 15 is 0 Å². The molecule has 0 atom stereocenters. The maximum atomic E-state index is 12.7. The van der Waals surface area contributed by atoms with E-state index < -0.39 is 17.7 Å². The summed E-state index contributed by atoms with van der Waals surface area (Å²) in [6, 6.07) is 13.8. The van der Waals surface area contributed by atoms with Gasteiger partial charge in [0.15, 0.2) is 0 Å². The minimum atomic E-state index is -4.44. The largest absolute Gasteiger partial charge is 0.481 e. The van der Waals surface area contributed by atoms with Crippen molar-refractivity contribution in [3.8, 4) is 11.5 Å². The molecular weight excluding hydrogens is 442 g/mol. The van der Waals surface area contributed by atoms with Crippen LogP contribution in [0.25, 0.3) is 0 Å². The van der Waals surface area contributed by atoms with Gasteiger partial charge in [-0.1, -0.05) is 29.3 Å². The average Bonchev–Trinajstić information content (AvgIpc) is 2.65. The third-order valence-electron chi connectivity index (χ3n) is 4.06. The molecule has 0 fully saturated rings.